The number of amides is 1. The Morgan fingerprint density at radius 3 is 2.43 bits per heavy atom. The van der Waals surface area contributed by atoms with Crippen molar-refractivity contribution in [1.29, 1.82) is 0 Å². The maximum atomic E-state index is 12.3. The van der Waals surface area contributed by atoms with Gasteiger partial charge in [0.1, 0.15) is 0 Å². The molecule has 0 saturated carbocycles. The Balaban J connectivity index is 1.32. The molecule has 0 spiro atoms. The standard InChI is InChI=1S/C21H23ClN6OS/c22-16-6-4-15(5-7-16)20-25-26-21(28(20)23)30-14-19(29)24-17-8-10-18(11-9-17)27-12-2-1-3-13-27/h4-11H,1-3,12-14,23H2,(H,24,29). The van der Waals surface area contributed by atoms with Crippen LogP contribution in [0.2, 0.25) is 5.02 Å². The molecule has 1 aliphatic rings. The average molecular weight is 443 g/mol. The normalized spacial score (nSPS) is 14.0. The van der Waals surface area contributed by atoms with E-state index in [1.165, 1.54) is 41.4 Å². The lowest BCUT2D eigenvalue weighted by Crippen LogP contribution is -2.29. The van der Waals surface area contributed by atoms with Gasteiger partial charge in [-0.1, -0.05) is 23.4 Å². The number of piperidine rings is 1. The lowest BCUT2D eigenvalue weighted by atomic mass is 10.1. The van der Waals surface area contributed by atoms with Gasteiger partial charge >= 0.3 is 0 Å². The summed E-state index contributed by atoms with van der Waals surface area (Å²) in [6, 6.07) is 15.2. The molecule has 1 aliphatic heterocycles. The molecule has 0 unspecified atom stereocenters. The summed E-state index contributed by atoms with van der Waals surface area (Å²) in [5.74, 6) is 6.68. The SMILES string of the molecule is Nn1c(SCC(=O)Nc2ccc(N3CCCCC3)cc2)nnc1-c1ccc(Cl)cc1. The smallest absolute Gasteiger partial charge is 0.234 e. The minimum absolute atomic E-state index is 0.123. The average Bonchev–Trinajstić information content (AvgIpc) is 3.14. The van der Waals surface area contributed by atoms with Crippen LogP contribution in [0.25, 0.3) is 11.4 Å². The number of nitrogen functional groups attached to an aromatic ring is 1. The number of benzene rings is 2. The molecule has 0 atom stereocenters. The molecule has 9 heteroatoms. The minimum Gasteiger partial charge on any atom is -0.372 e. The van der Waals surface area contributed by atoms with E-state index in [4.69, 9.17) is 17.4 Å². The predicted molar refractivity (Wildman–Crippen MR) is 122 cm³/mol. The largest absolute Gasteiger partial charge is 0.372 e. The Bertz CT molecular complexity index is 999. The first-order valence-corrected chi connectivity index (χ1v) is 11.2. The Labute approximate surface area is 184 Å². The van der Waals surface area contributed by atoms with Crippen molar-refractivity contribution in [1.82, 2.24) is 14.9 Å². The summed E-state index contributed by atoms with van der Waals surface area (Å²) in [7, 11) is 0. The number of nitrogens with zero attached hydrogens (tertiary/aromatic N) is 4. The number of carbonyl (C=O) groups is 1. The molecule has 30 heavy (non-hydrogen) atoms. The van der Waals surface area contributed by atoms with Crippen molar-refractivity contribution < 1.29 is 4.79 Å². The van der Waals surface area contributed by atoms with Gasteiger partial charge in [0, 0.05) is 35.1 Å². The van der Waals surface area contributed by atoms with Gasteiger partial charge in [-0.3, -0.25) is 4.79 Å². The minimum atomic E-state index is -0.123. The van der Waals surface area contributed by atoms with Crippen molar-refractivity contribution in [3.63, 3.8) is 0 Å². The van der Waals surface area contributed by atoms with Crippen LogP contribution in [0.4, 0.5) is 11.4 Å². The third-order valence-corrected chi connectivity index (χ3v) is 6.17. The number of carbonyl (C=O) groups excluding carboxylic acids is 1. The monoisotopic (exact) mass is 442 g/mol. The molecule has 1 amide bonds. The lowest BCUT2D eigenvalue weighted by Gasteiger charge is -2.28. The molecule has 156 valence electrons. The van der Waals surface area contributed by atoms with E-state index in [9.17, 15) is 4.79 Å². The zero-order valence-corrected chi connectivity index (χ0v) is 18.0. The first-order chi connectivity index (χ1) is 14.6. The van der Waals surface area contributed by atoms with Gasteiger partial charge in [-0.2, -0.15) is 0 Å². The molecule has 7 nitrogen and oxygen atoms in total. The van der Waals surface area contributed by atoms with E-state index in [0.717, 1.165) is 24.3 Å². The van der Waals surface area contributed by atoms with Gasteiger partial charge in [0.25, 0.3) is 0 Å². The summed E-state index contributed by atoms with van der Waals surface area (Å²) < 4.78 is 1.38. The number of anilines is 2. The van der Waals surface area contributed by atoms with Gasteiger partial charge in [0.05, 0.1) is 5.75 Å². The van der Waals surface area contributed by atoms with E-state index in [0.29, 0.717) is 16.0 Å². The van der Waals surface area contributed by atoms with Gasteiger partial charge in [0.15, 0.2) is 5.82 Å². The first-order valence-electron chi connectivity index (χ1n) is 9.84. The number of aromatic nitrogens is 3. The van der Waals surface area contributed by atoms with Crippen molar-refractivity contribution in [3.05, 3.63) is 53.6 Å². The molecule has 0 aliphatic carbocycles. The zero-order chi connectivity index (χ0) is 20.9. The number of hydrogen-bond acceptors (Lipinski definition) is 6. The van der Waals surface area contributed by atoms with Crippen molar-refractivity contribution in [3.8, 4) is 11.4 Å². The fourth-order valence-corrected chi connectivity index (χ4v) is 4.19. The van der Waals surface area contributed by atoms with Gasteiger partial charge in [-0.15, -0.1) is 10.2 Å². The van der Waals surface area contributed by atoms with Crippen LogP contribution in [0.3, 0.4) is 0 Å². The summed E-state index contributed by atoms with van der Waals surface area (Å²) in [6.45, 7) is 2.19. The fourth-order valence-electron chi connectivity index (χ4n) is 3.41. The van der Waals surface area contributed by atoms with Crippen LogP contribution >= 0.6 is 23.4 Å². The van der Waals surface area contributed by atoms with Gasteiger partial charge < -0.3 is 16.1 Å². The predicted octanol–water partition coefficient (Wildman–Crippen LogP) is 4.03. The van der Waals surface area contributed by atoms with Crippen LogP contribution in [0.15, 0.2) is 53.7 Å². The van der Waals surface area contributed by atoms with E-state index >= 15 is 0 Å². The third kappa shape index (κ3) is 4.88. The summed E-state index contributed by atoms with van der Waals surface area (Å²) in [5, 5.41) is 12.2. The quantitative estimate of drug-likeness (QED) is 0.442. The molecule has 2 aromatic carbocycles. The molecule has 0 radical (unpaired) electrons. The van der Waals surface area contributed by atoms with Crippen LogP contribution in [-0.2, 0) is 4.79 Å². The number of thioether (sulfide) groups is 1. The van der Waals surface area contributed by atoms with Crippen LogP contribution in [0, 0.1) is 0 Å². The van der Waals surface area contributed by atoms with Crippen molar-refractivity contribution in [2.75, 3.05) is 34.9 Å². The second-order valence-electron chi connectivity index (χ2n) is 7.11. The van der Waals surface area contributed by atoms with E-state index in [1.54, 1.807) is 12.1 Å². The van der Waals surface area contributed by atoms with Gasteiger partial charge in [-0.05, 0) is 67.8 Å². The van der Waals surface area contributed by atoms with E-state index in [1.807, 2.05) is 24.3 Å². The molecular formula is C21H23ClN6OS. The summed E-state index contributed by atoms with van der Waals surface area (Å²) in [6.07, 6.45) is 3.78. The molecule has 4 rings (SSSR count). The van der Waals surface area contributed by atoms with Crippen LogP contribution in [0.5, 0.6) is 0 Å². The van der Waals surface area contributed by atoms with E-state index in [-0.39, 0.29) is 11.7 Å². The molecule has 1 saturated heterocycles. The topological polar surface area (TPSA) is 89.1 Å². The van der Waals surface area contributed by atoms with Crippen molar-refractivity contribution >= 4 is 40.6 Å². The second kappa shape index (κ2) is 9.40. The second-order valence-corrected chi connectivity index (χ2v) is 8.49. The number of nitrogens with two attached hydrogens (primary N) is 1. The Morgan fingerprint density at radius 1 is 1.03 bits per heavy atom. The highest BCUT2D eigenvalue weighted by Gasteiger charge is 2.14. The molecule has 0 bridgehead atoms. The van der Waals surface area contributed by atoms with Crippen LogP contribution < -0.4 is 16.1 Å². The van der Waals surface area contributed by atoms with E-state index < -0.39 is 0 Å². The zero-order valence-electron chi connectivity index (χ0n) is 16.4. The summed E-state index contributed by atoms with van der Waals surface area (Å²) >= 11 is 7.16. The molecule has 3 aromatic rings. The maximum absolute atomic E-state index is 12.3. The number of hydrogen-bond donors (Lipinski definition) is 2. The van der Waals surface area contributed by atoms with Crippen molar-refractivity contribution in [2.24, 2.45) is 0 Å². The number of rotatable bonds is 6. The van der Waals surface area contributed by atoms with Crippen LogP contribution in [-0.4, -0.2) is 39.6 Å². The molecule has 1 aromatic heterocycles. The Kier molecular flexibility index (Phi) is 6.44. The van der Waals surface area contributed by atoms with Crippen LogP contribution in [0.1, 0.15) is 19.3 Å². The third-order valence-electron chi connectivity index (χ3n) is 4.97. The molecular weight excluding hydrogens is 420 g/mol. The highest BCUT2D eigenvalue weighted by atomic mass is 35.5. The Hall–Kier alpha value is -2.71. The molecule has 2 heterocycles. The van der Waals surface area contributed by atoms with E-state index in [2.05, 4.69) is 32.5 Å². The summed E-state index contributed by atoms with van der Waals surface area (Å²) in [4.78, 5) is 14.7. The summed E-state index contributed by atoms with van der Waals surface area (Å²) in [5.41, 5.74) is 2.78. The first kappa shape index (κ1) is 20.6. The number of halogens is 1. The van der Waals surface area contributed by atoms with Gasteiger partial charge in [-0.25, -0.2) is 4.68 Å². The Morgan fingerprint density at radius 2 is 1.73 bits per heavy atom. The van der Waals surface area contributed by atoms with Gasteiger partial charge in [0.2, 0.25) is 11.1 Å². The van der Waals surface area contributed by atoms with Crippen molar-refractivity contribution in [2.45, 2.75) is 24.4 Å². The fraction of sp³-hybridized carbons (Fsp3) is 0.286. The lowest BCUT2D eigenvalue weighted by molar-refractivity contribution is -0.113. The molecule has 1 fully saturated rings. The molecule has 3 N–H and O–H groups in total. The maximum Gasteiger partial charge on any atom is 0.234 e. The highest BCUT2D eigenvalue weighted by molar-refractivity contribution is 7.99. The highest BCUT2D eigenvalue weighted by Crippen LogP contribution is 2.24. The number of nitrogens with one attached hydrogen (secondary N) is 1.